The normalized spacial score (nSPS) is 14.2. The number of ether oxygens (including phenoxy) is 1. The topological polar surface area (TPSA) is 129 Å². The Labute approximate surface area is 159 Å². The molecule has 0 unspecified atom stereocenters. The zero-order valence-corrected chi connectivity index (χ0v) is 15.6. The number of nitrogens with one attached hydrogen (secondary N) is 1. The van der Waals surface area contributed by atoms with E-state index in [2.05, 4.69) is 20.1 Å². The van der Waals surface area contributed by atoms with Gasteiger partial charge in [-0.15, -0.1) is 0 Å². The molecule has 28 heavy (non-hydrogen) atoms. The predicted molar refractivity (Wildman–Crippen MR) is 101 cm³/mol. The summed E-state index contributed by atoms with van der Waals surface area (Å²) in [7, 11) is 1.69. The molecule has 0 aliphatic heterocycles. The van der Waals surface area contributed by atoms with Gasteiger partial charge in [0.25, 0.3) is 11.2 Å². The lowest BCUT2D eigenvalue weighted by molar-refractivity contribution is -0.385. The van der Waals surface area contributed by atoms with E-state index >= 15 is 0 Å². The molecule has 1 aliphatic carbocycles. The van der Waals surface area contributed by atoms with Gasteiger partial charge in [-0.1, -0.05) is 13.3 Å². The number of pyridine rings is 1. The minimum Gasteiger partial charge on any atom is -0.474 e. The summed E-state index contributed by atoms with van der Waals surface area (Å²) in [5, 5.41) is 15.6. The number of aromatic nitrogens is 5. The molecule has 0 radical (unpaired) electrons. The molecule has 0 spiro atoms. The zero-order valence-electron chi connectivity index (χ0n) is 15.6. The average molecular weight is 384 g/mol. The number of aromatic amines is 1. The van der Waals surface area contributed by atoms with E-state index in [0.29, 0.717) is 28.7 Å². The maximum absolute atomic E-state index is 12.7. The molecule has 146 valence electrons. The van der Waals surface area contributed by atoms with Crippen molar-refractivity contribution in [3.05, 3.63) is 38.4 Å². The molecule has 10 heteroatoms. The van der Waals surface area contributed by atoms with Gasteiger partial charge in [-0.3, -0.25) is 19.6 Å². The number of hydrogen-bond acceptors (Lipinski definition) is 7. The lowest BCUT2D eigenvalue weighted by Gasteiger charge is -2.26. The summed E-state index contributed by atoms with van der Waals surface area (Å²) < 4.78 is 7.40. The smallest absolute Gasteiger partial charge is 0.288 e. The van der Waals surface area contributed by atoms with Gasteiger partial charge in [0.15, 0.2) is 5.52 Å². The van der Waals surface area contributed by atoms with Crippen LogP contribution in [0.25, 0.3) is 22.4 Å². The first kappa shape index (κ1) is 18.1. The van der Waals surface area contributed by atoms with Gasteiger partial charge in [0, 0.05) is 13.1 Å². The van der Waals surface area contributed by atoms with E-state index in [-0.39, 0.29) is 29.1 Å². The van der Waals surface area contributed by atoms with Gasteiger partial charge in [-0.25, -0.2) is 9.97 Å². The largest absolute Gasteiger partial charge is 0.474 e. The molecule has 3 aromatic rings. The lowest BCUT2D eigenvalue weighted by atomic mass is 9.96. The van der Waals surface area contributed by atoms with Crippen LogP contribution in [0.4, 0.5) is 5.69 Å². The van der Waals surface area contributed by atoms with Crippen LogP contribution >= 0.6 is 0 Å². The molecule has 1 N–H and O–H groups in total. The molecule has 0 aromatic carbocycles. The first-order chi connectivity index (χ1) is 13.5. The Hall–Kier alpha value is -3.30. The summed E-state index contributed by atoms with van der Waals surface area (Å²) in [5.41, 5.74) is 1.31. The fourth-order valence-corrected chi connectivity index (χ4v) is 3.23. The fraction of sp³-hybridized carbons (Fsp3) is 0.444. The van der Waals surface area contributed by atoms with E-state index in [4.69, 9.17) is 4.74 Å². The molecular weight excluding hydrogens is 364 g/mol. The molecule has 0 bridgehead atoms. The SMILES string of the molecule is CCCc1nn(C)c2c(=O)[nH]c(-c3cc([N+](=O)[O-])cnc3OC3CCC3)nc12. The molecule has 1 fully saturated rings. The van der Waals surface area contributed by atoms with Gasteiger partial charge in [-0.05, 0) is 25.7 Å². The van der Waals surface area contributed by atoms with Crippen molar-refractivity contribution >= 4 is 16.7 Å². The summed E-state index contributed by atoms with van der Waals surface area (Å²) in [5.74, 6) is 0.423. The summed E-state index contributed by atoms with van der Waals surface area (Å²) in [6.45, 7) is 2.02. The highest BCUT2D eigenvalue weighted by atomic mass is 16.6. The summed E-state index contributed by atoms with van der Waals surface area (Å²) in [6.07, 6.45) is 5.59. The van der Waals surface area contributed by atoms with E-state index in [1.165, 1.54) is 10.7 Å². The number of hydrogen-bond donors (Lipinski definition) is 1. The molecule has 1 aliphatic rings. The second-order valence-electron chi connectivity index (χ2n) is 6.91. The third kappa shape index (κ3) is 3.10. The highest BCUT2D eigenvalue weighted by Crippen LogP contribution is 2.33. The number of nitrogens with zero attached hydrogens (tertiary/aromatic N) is 5. The summed E-state index contributed by atoms with van der Waals surface area (Å²) in [6, 6.07) is 1.33. The van der Waals surface area contributed by atoms with Gasteiger partial charge < -0.3 is 9.72 Å². The Bertz CT molecular complexity index is 1120. The monoisotopic (exact) mass is 384 g/mol. The number of nitro groups is 1. The molecule has 0 saturated heterocycles. The second-order valence-corrected chi connectivity index (χ2v) is 6.91. The van der Waals surface area contributed by atoms with Crippen molar-refractivity contribution in [2.75, 3.05) is 0 Å². The number of H-pyrrole nitrogens is 1. The molecule has 3 heterocycles. The minimum atomic E-state index is -0.535. The van der Waals surface area contributed by atoms with Crippen LogP contribution in [0.5, 0.6) is 5.88 Å². The van der Waals surface area contributed by atoms with Crippen LogP contribution in [0.15, 0.2) is 17.1 Å². The third-order valence-electron chi connectivity index (χ3n) is 4.88. The van der Waals surface area contributed by atoms with E-state index < -0.39 is 4.92 Å². The van der Waals surface area contributed by atoms with E-state index in [1.807, 2.05) is 6.92 Å². The van der Waals surface area contributed by atoms with Crippen molar-refractivity contribution in [1.29, 1.82) is 0 Å². The Kier molecular flexibility index (Phi) is 4.54. The number of rotatable bonds is 6. The summed E-state index contributed by atoms with van der Waals surface area (Å²) >= 11 is 0. The van der Waals surface area contributed by atoms with Crippen molar-refractivity contribution in [3.63, 3.8) is 0 Å². The molecular formula is C18H20N6O4. The standard InChI is InChI=1S/C18H20N6O4/c1-3-5-13-14-15(23(2)22-13)17(25)21-16(20-14)12-8-10(24(26)27)9-19-18(12)28-11-6-4-7-11/h8-9,11H,3-7H2,1-2H3,(H,20,21,25). The minimum absolute atomic E-state index is 0.0252. The molecule has 1 saturated carbocycles. The Morgan fingerprint density at radius 1 is 1.43 bits per heavy atom. The average Bonchev–Trinajstić information content (AvgIpc) is 2.94. The van der Waals surface area contributed by atoms with Crippen LogP contribution in [0.1, 0.15) is 38.3 Å². The van der Waals surface area contributed by atoms with Gasteiger partial charge in [-0.2, -0.15) is 5.10 Å². The molecule has 10 nitrogen and oxygen atoms in total. The maximum Gasteiger partial charge on any atom is 0.288 e. The first-order valence-electron chi connectivity index (χ1n) is 9.25. The molecule has 3 aromatic heterocycles. The van der Waals surface area contributed by atoms with Crippen LogP contribution in [0.2, 0.25) is 0 Å². The quantitative estimate of drug-likeness (QED) is 0.510. The van der Waals surface area contributed by atoms with Gasteiger partial charge in [0.1, 0.15) is 23.6 Å². The predicted octanol–water partition coefficient (Wildman–Crippen LogP) is 2.51. The lowest BCUT2D eigenvalue weighted by Crippen LogP contribution is -2.25. The second kappa shape index (κ2) is 7.02. The van der Waals surface area contributed by atoms with E-state index in [1.54, 1.807) is 7.05 Å². The highest BCUT2D eigenvalue weighted by molar-refractivity contribution is 5.79. The van der Waals surface area contributed by atoms with Crippen molar-refractivity contribution in [2.45, 2.75) is 45.1 Å². The van der Waals surface area contributed by atoms with Crippen LogP contribution < -0.4 is 10.3 Å². The van der Waals surface area contributed by atoms with Crippen molar-refractivity contribution < 1.29 is 9.66 Å². The van der Waals surface area contributed by atoms with Crippen LogP contribution in [0, 0.1) is 10.1 Å². The molecule has 0 atom stereocenters. The highest BCUT2D eigenvalue weighted by Gasteiger charge is 2.25. The zero-order chi connectivity index (χ0) is 19.8. The van der Waals surface area contributed by atoms with Gasteiger partial charge >= 0.3 is 0 Å². The fourth-order valence-electron chi connectivity index (χ4n) is 3.23. The molecule has 0 amide bonds. The number of aryl methyl sites for hydroxylation is 2. The van der Waals surface area contributed by atoms with Crippen LogP contribution in [-0.2, 0) is 13.5 Å². The summed E-state index contributed by atoms with van der Waals surface area (Å²) in [4.78, 5) is 34.8. The van der Waals surface area contributed by atoms with Gasteiger partial charge in [0.2, 0.25) is 5.88 Å². The van der Waals surface area contributed by atoms with Crippen LogP contribution in [-0.4, -0.2) is 35.8 Å². The number of fused-ring (bicyclic) bond motifs is 1. The van der Waals surface area contributed by atoms with Crippen molar-refractivity contribution in [1.82, 2.24) is 24.7 Å². The Morgan fingerprint density at radius 3 is 2.86 bits per heavy atom. The van der Waals surface area contributed by atoms with E-state index in [0.717, 1.165) is 31.9 Å². The van der Waals surface area contributed by atoms with E-state index in [9.17, 15) is 14.9 Å². The maximum atomic E-state index is 12.7. The van der Waals surface area contributed by atoms with Crippen molar-refractivity contribution in [3.8, 4) is 17.3 Å². The van der Waals surface area contributed by atoms with Crippen LogP contribution in [0.3, 0.4) is 0 Å². The Morgan fingerprint density at radius 2 is 2.21 bits per heavy atom. The third-order valence-corrected chi connectivity index (χ3v) is 4.88. The van der Waals surface area contributed by atoms with Crippen molar-refractivity contribution in [2.24, 2.45) is 7.05 Å². The Balaban J connectivity index is 1.90. The van der Waals surface area contributed by atoms with Gasteiger partial charge in [0.05, 0.1) is 16.2 Å². The molecule has 4 rings (SSSR count). The first-order valence-corrected chi connectivity index (χ1v) is 9.25.